The van der Waals surface area contributed by atoms with Gasteiger partial charge in [-0.3, -0.25) is 9.00 Å². The van der Waals surface area contributed by atoms with Gasteiger partial charge in [0.2, 0.25) is 0 Å². The fourth-order valence-electron chi connectivity index (χ4n) is 2.38. The van der Waals surface area contributed by atoms with E-state index in [0.29, 0.717) is 0 Å². The van der Waals surface area contributed by atoms with Gasteiger partial charge in [0.25, 0.3) is 0 Å². The third-order valence-electron chi connectivity index (χ3n) is 3.42. The first kappa shape index (κ1) is 13.9. The summed E-state index contributed by atoms with van der Waals surface area (Å²) in [4.78, 5) is 12.8. The molecule has 1 aromatic carbocycles. The van der Waals surface area contributed by atoms with Crippen LogP contribution in [0, 0.1) is 5.92 Å². The van der Waals surface area contributed by atoms with Crippen LogP contribution in [-0.4, -0.2) is 15.7 Å². The maximum Gasteiger partial charge on any atom is 0.148 e. The Bertz CT molecular complexity index is 453. The molecule has 0 heterocycles. The third-order valence-corrected chi connectivity index (χ3v) is 5.76. The zero-order chi connectivity index (χ0) is 13.0. The zero-order valence-electron chi connectivity index (χ0n) is 10.2. The summed E-state index contributed by atoms with van der Waals surface area (Å²) in [5.41, 5.74) is 0. The SMILES string of the molecule is O=C(CS(=O)c1ccccc1Br)C1CCCCC1. The van der Waals surface area contributed by atoms with E-state index in [1.807, 2.05) is 24.3 Å². The molecule has 1 fully saturated rings. The Morgan fingerprint density at radius 3 is 2.56 bits per heavy atom. The van der Waals surface area contributed by atoms with Gasteiger partial charge in [0, 0.05) is 10.4 Å². The van der Waals surface area contributed by atoms with Crippen LogP contribution in [-0.2, 0) is 15.6 Å². The normalized spacial score (nSPS) is 18.5. The fraction of sp³-hybridized carbons (Fsp3) is 0.500. The number of hydrogen-bond acceptors (Lipinski definition) is 2. The van der Waals surface area contributed by atoms with Gasteiger partial charge in [-0.2, -0.15) is 0 Å². The van der Waals surface area contributed by atoms with E-state index in [2.05, 4.69) is 15.9 Å². The second-order valence-corrected chi connectivity index (χ2v) is 7.00. The average molecular weight is 329 g/mol. The van der Waals surface area contributed by atoms with Crippen molar-refractivity contribution in [2.75, 3.05) is 5.75 Å². The summed E-state index contributed by atoms with van der Waals surface area (Å²) in [6, 6.07) is 7.41. The molecular weight excluding hydrogens is 312 g/mol. The van der Waals surface area contributed by atoms with Crippen molar-refractivity contribution in [3.05, 3.63) is 28.7 Å². The van der Waals surface area contributed by atoms with E-state index in [9.17, 15) is 9.00 Å². The van der Waals surface area contributed by atoms with Crippen LogP contribution in [0.4, 0.5) is 0 Å². The van der Waals surface area contributed by atoms with Gasteiger partial charge in [-0.1, -0.05) is 31.4 Å². The lowest BCUT2D eigenvalue weighted by Crippen LogP contribution is -2.23. The van der Waals surface area contributed by atoms with Crippen molar-refractivity contribution in [1.29, 1.82) is 0 Å². The molecule has 0 aliphatic heterocycles. The molecule has 0 radical (unpaired) electrons. The minimum absolute atomic E-state index is 0.144. The van der Waals surface area contributed by atoms with Crippen molar-refractivity contribution in [2.45, 2.75) is 37.0 Å². The molecule has 1 unspecified atom stereocenters. The molecule has 2 nitrogen and oxygen atoms in total. The fourth-order valence-corrected chi connectivity index (χ4v) is 4.37. The van der Waals surface area contributed by atoms with E-state index in [1.165, 1.54) is 6.42 Å². The first-order chi connectivity index (χ1) is 8.68. The van der Waals surface area contributed by atoms with Gasteiger partial charge in [-0.15, -0.1) is 0 Å². The van der Waals surface area contributed by atoms with E-state index in [1.54, 1.807) is 0 Å². The molecule has 1 aliphatic rings. The molecule has 0 aromatic heterocycles. The van der Waals surface area contributed by atoms with Crippen LogP contribution in [0.15, 0.2) is 33.6 Å². The number of halogens is 1. The Hall–Kier alpha value is -0.480. The maximum atomic E-state index is 12.2. The monoisotopic (exact) mass is 328 g/mol. The van der Waals surface area contributed by atoms with Gasteiger partial charge >= 0.3 is 0 Å². The predicted octanol–water partition coefficient (Wildman–Crippen LogP) is 3.71. The molecule has 0 N–H and O–H groups in total. The smallest absolute Gasteiger partial charge is 0.148 e. The molecule has 2 rings (SSSR count). The molecule has 18 heavy (non-hydrogen) atoms. The minimum Gasteiger partial charge on any atom is -0.298 e. The summed E-state index contributed by atoms with van der Waals surface area (Å²) in [5, 5.41) is 0. The molecule has 0 amide bonds. The van der Waals surface area contributed by atoms with Gasteiger partial charge in [0.05, 0.1) is 21.4 Å². The molecule has 98 valence electrons. The van der Waals surface area contributed by atoms with Gasteiger partial charge in [0.15, 0.2) is 0 Å². The van der Waals surface area contributed by atoms with Crippen molar-refractivity contribution in [3.63, 3.8) is 0 Å². The standard InChI is InChI=1S/C14H17BrO2S/c15-12-8-4-5-9-14(12)18(17)10-13(16)11-6-2-1-3-7-11/h4-5,8-9,11H,1-3,6-7,10H2. The minimum atomic E-state index is -1.22. The zero-order valence-corrected chi connectivity index (χ0v) is 12.6. The lowest BCUT2D eigenvalue weighted by Gasteiger charge is -2.20. The molecule has 0 saturated heterocycles. The first-order valence-electron chi connectivity index (χ1n) is 6.34. The highest BCUT2D eigenvalue weighted by atomic mass is 79.9. The molecule has 1 aliphatic carbocycles. The number of rotatable bonds is 4. The largest absolute Gasteiger partial charge is 0.298 e. The summed E-state index contributed by atoms with van der Waals surface area (Å²) in [7, 11) is -1.22. The Morgan fingerprint density at radius 1 is 1.22 bits per heavy atom. The van der Waals surface area contributed by atoms with Gasteiger partial charge in [-0.25, -0.2) is 0 Å². The van der Waals surface area contributed by atoms with E-state index in [0.717, 1.165) is 35.1 Å². The number of carbonyl (C=O) groups excluding carboxylic acids is 1. The first-order valence-corrected chi connectivity index (χ1v) is 8.45. The highest BCUT2D eigenvalue weighted by Crippen LogP contribution is 2.26. The van der Waals surface area contributed by atoms with Crippen molar-refractivity contribution in [2.24, 2.45) is 5.92 Å². The number of ketones is 1. The molecule has 4 heteroatoms. The van der Waals surface area contributed by atoms with E-state index < -0.39 is 10.8 Å². The van der Waals surface area contributed by atoms with Crippen LogP contribution < -0.4 is 0 Å². The van der Waals surface area contributed by atoms with Crippen LogP contribution in [0.3, 0.4) is 0 Å². The van der Waals surface area contributed by atoms with Crippen molar-refractivity contribution in [3.8, 4) is 0 Å². The summed E-state index contributed by atoms with van der Waals surface area (Å²) < 4.78 is 13.0. The predicted molar refractivity (Wildman–Crippen MR) is 77.0 cm³/mol. The molecule has 0 spiro atoms. The Morgan fingerprint density at radius 2 is 1.89 bits per heavy atom. The second kappa shape index (κ2) is 6.62. The van der Waals surface area contributed by atoms with E-state index >= 15 is 0 Å². The summed E-state index contributed by atoms with van der Waals surface area (Å²) >= 11 is 3.38. The van der Waals surface area contributed by atoms with E-state index in [-0.39, 0.29) is 17.5 Å². The lowest BCUT2D eigenvalue weighted by atomic mass is 9.87. The number of Topliss-reactive ketones (excluding diaryl/α,β-unsaturated/α-hetero) is 1. The van der Waals surface area contributed by atoms with Crippen molar-refractivity contribution < 1.29 is 9.00 Å². The maximum absolute atomic E-state index is 12.2. The van der Waals surface area contributed by atoms with Crippen LogP contribution >= 0.6 is 15.9 Å². The summed E-state index contributed by atoms with van der Waals surface area (Å²) in [6.07, 6.45) is 5.46. The van der Waals surface area contributed by atoms with Crippen molar-refractivity contribution >= 4 is 32.5 Å². The van der Waals surface area contributed by atoms with Crippen molar-refractivity contribution in [1.82, 2.24) is 0 Å². The number of carbonyl (C=O) groups is 1. The molecule has 1 atom stereocenters. The highest BCUT2D eigenvalue weighted by molar-refractivity contribution is 9.10. The highest BCUT2D eigenvalue weighted by Gasteiger charge is 2.23. The second-order valence-electron chi connectivity index (χ2n) is 4.72. The Kier molecular flexibility index (Phi) is 5.13. The van der Waals surface area contributed by atoms with Crippen LogP contribution in [0.2, 0.25) is 0 Å². The van der Waals surface area contributed by atoms with E-state index in [4.69, 9.17) is 0 Å². The lowest BCUT2D eigenvalue weighted by molar-refractivity contribution is -0.121. The molecular formula is C14H17BrO2S. The number of benzene rings is 1. The van der Waals surface area contributed by atoms with Gasteiger partial charge in [0.1, 0.15) is 5.78 Å². The average Bonchev–Trinajstić information content (AvgIpc) is 2.40. The van der Waals surface area contributed by atoms with Crippen LogP contribution in [0.1, 0.15) is 32.1 Å². The molecule has 1 saturated carbocycles. The summed E-state index contributed by atoms with van der Waals surface area (Å²) in [6.45, 7) is 0. The molecule has 1 aromatic rings. The Balaban J connectivity index is 1.99. The third kappa shape index (κ3) is 3.51. The molecule has 0 bridgehead atoms. The topological polar surface area (TPSA) is 34.1 Å². The summed E-state index contributed by atoms with van der Waals surface area (Å²) in [5.74, 6) is 0.474. The van der Waals surface area contributed by atoms with Gasteiger partial charge < -0.3 is 0 Å². The number of hydrogen-bond donors (Lipinski definition) is 0. The van der Waals surface area contributed by atoms with Gasteiger partial charge in [-0.05, 0) is 40.9 Å². The quantitative estimate of drug-likeness (QED) is 0.844. The van der Waals surface area contributed by atoms with Crippen LogP contribution in [0.5, 0.6) is 0 Å². The Labute approximate surface area is 119 Å². The van der Waals surface area contributed by atoms with Crippen LogP contribution in [0.25, 0.3) is 0 Å².